The van der Waals surface area contributed by atoms with Gasteiger partial charge in [-0.3, -0.25) is 4.90 Å². The van der Waals surface area contributed by atoms with Crippen molar-refractivity contribution in [1.82, 2.24) is 0 Å². The smallest absolute Gasteiger partial charge is 0.415 e. The van der Waals surface area contributed by atoms with Crippen LogP contribution in [-0.2, 0) is 4.74 Å². The Kier molecular flexibility index (Phi) is 3.63. The van der Waals surface area contributed by atoms with Gasteiger partial charge in [0.2, 0.25) is 0 Å². The molecule has 0 saturated heterocycles. The number of methoxy groups -OCH3 is 2. The van der Waals surface area contributed by atoms with Crippen molar-refractivity contribution >= 4 is 28.4 Å². The molecule has 1 amide bonds. The topological polar surface area (TPSA) is 62.6 Å². The van der Waals surface area contributed by atoms with Gasteiger partial charge in [-0.15, -0.1) is 0 Å². The van der Waals surface area contributed by atoms with E-state index >= 15 is 0 Å². The number of ether oxygens (including phenoxy) is 2. The zero-order chi connectivity index (χ0) is 14.0. The van der Waals surface area contributed by atoms with Crippen LogP contribution in [0.2, 0.25) is 0 Å². The quantitative estimate of drug-likeness (QED) is 0.792. The van der Waals surface area contributed by atoms with Gasteiger partial charge in [-0.05, 0) is 24.3 Å². The number of fused-ring (bicyclic) bond motifs is 1. The van der Waals surface area contributed by atoms with Gasteiger partial charge in [0.25, 0.3) is 0 Å². The lowest BCUT2D eigenvalue weighted by Crippen LogP contribution is -2.40. The van der Waals surface area contributed by atoms with Crippen LogP contribution in [-0.4, -0.2) is 26.4 Å². The number of carbonyl (C=O) groups excluding carboxylic acids is 1. The Morgan fingerprint density at radius 1 is 1.47 bits per heavy atom. The third kappa shape index (κ3) is 2.23. The fourth-order valence-corrected chi connectivity index (χ4v) is 2.17. The number of nitriles is 1. The number of nitrogens with zero attached hydrogens (tertiary/aromatic N) is 2. The van der Waals surface area contributed by atoms with Crippen molar-refractivity contribution in [2.24, 2.45) is 0 Å². The molecule has 1 heterocycles. The first kappa shape index (κ1) is 13.2. The average Bonchev–Trinajstić information content (AvgIpc) is 2.45. The van der Waals surface area contributed by atoms with Gasteiger partial charge in [0.15, 0.2) is 0 Å². The van der Waals surface area contributed by atoms with Gasteiger partial charge in [0, 0.05) is 10.6 Å². The molecule has 0 N–H and O–H groups in total. The highest BCUT2D eigenvalue weighted by Crippen LogP contribution is 2.38. The fraction of sp³-hybridized carbons (Fsp3) is 0.231. The zero-order valence-corrected chi connectivity index (χ0v) is 11.1. The van der Waals surface area contributed by atoms with Gasteiger partial charge in [-0.25, -0.2) is 4.79 Å². The second-order valence-electron chi connectivity index (χ2n) is 3.81. The highest BCUT2D eigenvalue weighted by atomic mass is 35.5. The third-order valence-electron chi connectivity index (χ3n) is 2.81. The van der Waals surface area contributed by atoms with E-state index in [1.807, 2.05) is 6.07 Å². The van der Waals surface area contributed by atoms with Crippen molar-refractivity contribution in [3.05, 3.63) is 29.8 Å². The number of hydrogen-bond acceptors (Lipinski definition) is 4. The number of benzene rings is 1. The lowest BCUT2D eigenvalue weighted by molar-refractivity contribution is 0.178. The lowest BCUT2D eigenvalue weighted by Gasteiger charge is -2.30. The second-order valence-corrected chi connectivity index (χ2v) is 4.22. The first-order valence-corrected chi connectivity index (χ1v) is 5.82. The van der Waals surface area contributed by atoms with E-state index in [1.165, 1.54) is 18.1 Å². The van der Waals surface area contributed by atoms with Gasteiger partial charge in [0.1, 0.15) is 11.8 Å². The van der Waals surface area contributed by atoms with E-state index in [0.29, 0.717) is 22.0 Å². The predicted octanol–water partition coefficient (Wildman–Crippen LogP) is 2.75. The van der Waals surface area contributed by atoms with Crippen LogP contribution >= 0.6 is 11.6 Å². The average molecular weight is 279 g/mol. The summed E-state index contributed by atoms with van der Waals surface area (Å²) in [4.78, 5) is 13.1. The molecule has 0 fully saturated rings. The van der Waals surface area contributed by atoms with Crippen molar-refractivity contribution < 1.29 is 14.3 Å². The molecule has 98 valence electrons. The lowest BCUT2D eigenvalue weighted by atomic mass is 10.0. The fourth-order valence-electron chi connectivity index (χ4n) is 1.90. The highest BCUT2D eigenvalue weighted by Gasteiger charge is 2.31. The molecular formula is C13H11ClN2O3. The van der Waals surface area contributed by atoms with Crippen LogP contribution in [0.25, 0.3) is 5.03 Å². The molecule has 2 rings (SSSR count). The maximum atomic E-state index is 11.8. The molecule has 0 aliphatic carbocycles. The van der Waals surface area contributed by atoms with Crippen LogP contribution in [0.5, 0.6) is 5.75 Å². The van der Waals surface area contributed by atoms with Gasteiger partial charge in [-0.1, -0.05) is 11.6 Å². The van der Waals surface area contributed by atoms with E-state index in [4.69, 9.17) is 26.3 Å². The molecule has 0 spiro atoms. The van der Waals surface area contributed by atoms with E-state index in [0.717, 1.165) is 0 Å². The van der Waals surface area contributed by atoms with Crippen molar-refractivity contribution in [2.75, 3.05) is 19.1 Å². The molecule has 19 heavy (non-hydrogen) atoms. The molecular weight excluding hydrogens is 268 g/mol. The summed E-state index contributed by atoms with van der Waals surface area (Å²) >= 11 is 6.14. The standard InChI is InChI=1S/C13H11ClN2O3/c1-18-9-3-4-12-10(6-9)11(14)5-8(7-15)16(12)13(17)19-2/h3-6,8H,1-2H3. The third-order valence-corrected chi connectivity index (χ3v) is 3.14. The number of amides is 1. The number of carbonyl (C=O) groups is 1. The Morgan fingerprint density at radius 3 is 2.79 bits per heavy atom. The molecule has 1 aromatic rings. The van der Waals surface area contributed by atoms with Crippen LogP contribution in [0, 0.1) is 11.3 Å². The minimum atomic E-state index is -0.791. The predicted molar refractivity (Wildman–Crippen MR) is 71.1 cm³/mol. The van der Waals surface area contributed by atoms with E-state index in [9.17, 15) is 4.79 Å². The van der Waals surface area contributed by atoms with Crippen LogP contribution in [0.4, 0.5) is 10.5 Å². The number of rotatable bonds is 1. The molecule has 0 bridgehead atoms. The van der Waals surface area contributed by atoms with Gasteiger partial charge in [-0.2, -0.15) is 5.26 Å². The van der Waals surface area contributed by atoms with E-state index in [2.05, 4.69) is 0 Å². The van der Waals surface area contributed by atoms with Crippen molar-refractivity contribution in [3.8, 4) is 11.8 Å². The highest BCUT2D eigenvalue weighted by molar-refractivity contribution is 6.49. The van der Waals surface area contributed by atoms with Crippen LogP contribution in [0.15, 0.2) is 24.3 Å². The monoisotopic (exact) mass is 278 g/mol. The van der Waals surface area contributed by atoms with Crippen LogP contribution in [0.3, 0.4) is 0 Å². The Balaban J connectivity index is 2.59. The van der Waals surface area contributed by atoms with Gasteiger partial charge in [0.05, 0.1) is 26.0 Å². The molecule has 1 unspecified atom stereocenters. The summed E-state index contributed by atoms with van der Waals surface area (Å²) in [5.41, 5.74) is 1.14. The molecule has 0 saturated carbocycles. The summed E-state index contributed by atoms with van der Waals surface area (Å²) in [5, 5.41) is 9.53. The van der Waals surface area contributed by atoms with Crippen molar-refractivity contribution in [1.29, 1.82) is 5.26 Å². The summed E-state index contributed by atoms with van der Waals surface area (Å²) < 4.78 is 9.82. The van der Waals surface area contributed by atoms with E-state index in [-0.39, 0.29) is 0 Å². The molecule has 6 heteroatoms. The zero-order valence-electron chi connectivity index (χ0n) is 10.4. The first-order valence-electron chi connectivity index (χ1n) is 5.45. The largest absolute Gasteiger partial charge is 0.497 e. The molecule has 5 nitrogen and oxygen atoms in total. The number of anilines is 1. The van der Waals surface area contributed by atoms with E-state index in [1.54, 1.807) is 25.3 Å². The molecule has 1 aromatic carbocycles. The van der Waals surface area contributed by atoms with Crippen molar-refractivity contribution in [2.45, 2.75) is 6.04 Å². The SMILES string of the molecule is COC(=O)N1c2ccc(OC)cc2C(Cl)=CC1C#N. The Morgan fingerprint density at radius 2 is 2.21 bits per heavy atom. The normalized spacial score (nSPS) is 17.1. The second kappa shape index (κ2) is 5.21. The summed E-state index contributed by atoms with van der Waals surface area (Å²) in [6, 6.07) is 6.28. The van der Waals surface area contributed by atoms with Crippen LogP contribution in [0.1, 0.15) is 5.56 Å². The Hall–Kier alpha value is -2.19. The maximum Gasteiger partial charge on any atom is 0.415 e. The van der Waals surface area contributed by atoms with Gasteiger partial charge >= 0.3 is 6.09 Å². The molecule has 0 radical (unpaired) electrons. The molecule has 0 aromatic heterocycles. The Labute approximate surface area is 115 Å². The minimum absolute atomic E-state index is 0.403. The van der Waals surface area contributed by atoms with E-state index < -0.39 is 12.1 Å². The van der Waals surface area contributed by atoms with Crippen molar-refractivity contribution in [3.63, 3.8) is 0 Å². The molecule has 1 atom stereocenters. The molecule has 1 aliphatic rings. The Bertz CT molecular complexity index is 592. The van der Waals surface area contributed by atoms with Crippen LogP contribution < -0.4 is 9.64 Å². The summed E-state index contributed by atoms with van der Waals surface area (Å²) in [7, 11) is 2.80. The summed E-state index contributed by atoms with van der Waals surface area (Å²) in [6.07, 6.45) is 0.888. The first-order chi connectivity index (χ1) is 9.12. The number of halogens is 1. The summed E-state index contributed by atoms with van der Waals surface area (Å²) in [6.45, 7) is 0. The number of hydrogen-bond donors (Lipinski definition) is 0. The molecule has 1 aliphatic heterocycles. The summed E-state index contributed by atoms with van der Waals surface area (Å²) in [5.74, 6) is 0.616. The minimum Gasteiger partial charge on any atom is -0.497 e. The van der Waals surface area contributed by atoms with Gasteiger partial charge < -0.3 is 9.47 Å². The maximum absolute atomic E-state index is 11.8.